The molecule has 0 fully saturated rings. The van der Waals surface area contributed by atoms with Crippen LogP contribution in [0.4, 0.5) is 0 Å². The Hall–Kier alpha value is -3.15. The van der Waals surface area contributed by atoms with Crippen molar-refractivity contribution >= 4 is 17.9 Å². The molecule has 0 saturated heterocycles. The van der Waals surface area contributed by atoms with Crippen LogP contribution in [0, 0.1) is 0 Å². The summed E-state index contributed by atoms with van der Waals surface area (Å²) in [5.74, 6) is -1.87. The maximum absolute atomic E-state index is 11.6. The number of aliphatic carboxylic acids is 1. The molecule has 0 bridgehead atoms. The second kappa shape index (κ2) is 12.2. The van der Waals surface area contributed by atoms with Gasteiger partial charge in [0, 0.05) is 16.7 Å². The molecule has 0 atom stereocenters. The number of benzene rings is 1. The van der Waals surface area contributed by atoms with E-state index in [1.54, 1.807) is 6.92 Å². The van der Waals surface area contributed by atoms with E-state index in [-0.39, 0.29) is 30.1 Å². The standard InChI is InChI=1S/C15H16O4.C5H8O2/c1-11(14(16)17)8-9-12(2)15(18)19-10-13-6-4-3-5-7-13;1-4(2)5(6)7-3/h3-8H,2,9-10H2,1H3,(H,16,17);1H2,2-3H3. The monoisotopic (exact) mass is 360 g/mol. The molecule has 0 aliphatic rings. The Bertz CT molecular complexity index is 686. The summed E-state index contributed by atoms with van der Waals surface area (Å²) in [5.41, 5.74) is 1.73. The molecule has 26 heavy (non-hydrogen) atoms. The Labute approximate surface area is 153 Å². The van der Waals surface area contributed by atoms with Gasteiger partial charge in [0.2, 0.25) is 0 Å². The van der Waals surface area contributed by atoms with Crippen molar-refractivity contribution in [2.75, 3.05) is 7.11 Å². The van der Waals surface area contributed by atoms with Crippen LogP contribution in [0.25, 0.3) is 0 Å². The lowest BCUT2D eigenvalue weighted by atomic mass is 10.1. The molecule has 0 aromatic heterocycles. The molecule has 1 aromatic carbocycles. The SMILES string of the molecule is C=C(C)C(=O)OC.C=C(CC=C(C)C(=O)O)C(=O)OCc1ccccc1. The molecule has 0 heterocycles. The number of carbonyl (C=O) groups is 3. The number of esters is 2. The Morgan fingerprint density at radius 3 is 2.08 bits per heavy atom. The molecule has 1 N–H and O–H groups in total. The number of hydrogen-bond donors (Lipinski definition) is 1. The van der Waals surface area contributed by atoms with E-state index < -0.39 is 11.9 Å². The van der Waals surface area contributed by atoms with Crippen molar-refractivity contribution in [1.82, 2.24) is 0 Å². The van der Waals surface area contributed by atoms with E-state index in [9.17, 15) is 14.4 Å². The van der Waals surface area contributed by atoms with Gasteiger partial charge in [0.1, 0.15) is 6.61 Å². The molecule has 6 nitrogen and oxygen atoms in total. The van der Waals surface area contributed by atoms with E-state index in [0.717, 1.165) is 5.56 Å². The third-order valence-electron chi connectivity index (χ3n) is 3.03. The number of ether oxygens (including phenoxy) is 2. The number of allylic oxidation sites excluding steroid dienone is 1. The molecule has 0 radical (unpaired) electrons. The van der Waals surface area contributed by atoms with Crippen molar-refractivity contribution in [2.45, 2.75) is 26.9 Å². The highest BCUT2D eigenvalue weighted by Crippen LogP contribution is 2.08. The van der Waals surface area contributed by atoms with Crippen molar-refractivity contribution in [3.05, 3.63) is 71.8 Å². The van der Waals surface area contributed by atoms with Crippen LogP contribution in [0.1, 0.15) is 25.8 Å². The average molecular weight is 360 g/mol. The van der Waals surface area contributed by atoms with E-state index in [4.69, 9.17) is 9.84 Å². The lowest BCUT2D eigenvalue weighted by Gasteiger charge is -2.05. The lowest BCUT2D eigenvalue weighted by molar-refractivity contribution is -0.140. The minimum Gasteiger partial charge on any atom is -0.478 e. The van der Waals surface area contributed by atoms with Crippen molar-refractivity contribution < 1.29 is 29.0 Å². The van der Waals surface area contributed by atoms with Gasteiger partial charge in [-0.25, -0.2) is 14.4 Å². The summed E-state index contributed by atoms with van der Waals surface area (Å²) in [7, 11) is 1.33. The zero-order chi connectivity index (χ0) is 20.1. The minimum absolute atomic E-state index is 0.172. The van der Waals surface area contributed by atoms with Crippen LogP contribution in [-0.2, 0) is 30.5 Å². The summed E-state index contributed by atoms with van der Waals surface area (Å²) in [6, 6.07) is 9.30. The van der Waals surface area contributed by atoms with E-state index in [1.807, 2.05) is 30.3 Å². The normalized spacial score (nSPS) is 10.0. The smallest absolute Gasteiger partial charge is 0.334 e. The summed E-state index contributed by atoms with van der Waals surface area (Å²) in [4.78, 5) is 32.4. The van der Waals surface area contributed by atoms with Gasteiger partial charge < -0.3 is 14.6 Å². The molecule has 1 rings (SSSR count). The number of carbonyl (C=O) groups excluding carboxylic acids is 2. The summed E-state index contributed by atoms with van der Waals surface area (Å²) in [5, 5.41) is 8.67. The summed E-state index contributed by atoms with van der Waals surface area (Å²) in [6.07, 6.45) is 1.61. The molecule has 0 amide bonds. The Morgan fingerprint density at radius 2 is 1.65 bits per heavy atom. The van der Waals surface area contributed by atoms with Gasteiger partial charge in [0.05, 0.1) is 7.11 Å². The van der Waals surface area contributed by atoms with Gasteiger partial charge in [0.15, 0.2) is 0 Å². The predicted octanol–water partition coefficient (Wildman–Crippen LogP) is 3.44. The first-order valence-corrected chi connectivity index (χ1v) is 7.71. The topological polar surface area (TPSA) is 89.9 Å². The number of carboxylic acids is 1. The summed E-state index contributed by atoms with van der Waals surface area (Å²) < 4.78 is 9.34. The fraction of sp³-hybridized carbons (Fsp3) is 0.250. The van der Waals surface area contributed by atoms with Crippen LogP contribution >= 0.6 is 0 Å². The van der Waals surface area contributed by atoms with Gasteiger partial charge in [-0.1, -0.05) is 49.6 Å². The van der Waals surface area contributed by atoms with Gasteiger partial charge in [-0.2, -0.15) is 0 Å². The Balaban J connectivity index is 0.000000758. The number of hydrogen-bond acceptors (Lipinski definition) is 5. The van der Waals surface area contributed by atoms with Gasteiger partial charge in [-0.3, -0.25) is 0 Å². The van der Waals surface area contributed by atoms with Crippen LogP contribution in [0.2, 0.25) is 0 Å². The maximum Gasteiger partial charge on any atom is 0.334 e. The lowest BCUT2D eigenvalue weighted by Crippen LogP contribution is -2.07. The van der Waals surface area contributed by atoms with Crippen LogP contribution in [0.15, 0.2) is 66.3 Å². The number of carboxylic acid groups (broad SMARTS) is 1. The predicted molar refractivity (Wildman–Crippen MR) is 98.2 cm³/mol. The first-order valence-electron chi connectivity index (χ1n) is 7.71. The highest BCUT2D eigenvalue weighted by molar-refractivity contribution is 5.89. The Morgan fingerprint density at radius 1 is 1.08 bits per heavy atom. The summed E-state index contributed by atoms with van der Waals surface area (Å²) >= 11 is 0. The molecular weight excluding hydrogens is 336 g/mol. The largest absolute Gasteiger partial charge is 0.478 e. The maximum atomic E-state index is 11.6. The molecular formula is C20H24O6. The van der Waals surface area contributed by atoms with Crippen LogP contribution in [-0.4, -0.2) is 30.1 Å². The zero-order valence-corrected chi connectivity index (χ0v) is 15.3. The summed E-state index contributed by atoms with van der Waals surface area (Å²) in [6.45, 7) is 10.2. The van der Waals surface area contributed by atoms with Gasteiger partial charge >= 0.3 is 17.9 Å². The van der Waals surface area contributed by atoms with Crippen molar-refractivity contribution in [3.8, 4) is 0 Å². The van der Waals surface area contributed by atoms with Crippen LogP contribution in [0.5, 0.6) is 0 Å². The highest BCUT2D eigenvalue weighted by atomic mass is 16.5. The van der Waals surface area contributed by atoms with E-state index >= 15 is 0 Å². The quantitative estimate of drug-likeness (QED) is 0.592. The van der Waals surface area contributed by atoms with Crippen molar-refractivity contribution in [1.29, 1.82) is 0 Å². The molecule has 6 heteroatoms. The van der Waals surface area contributed by atoms with Gasteiger partial charge in [0.25, 0.3) is 0 Å². The second-order valence-electron chi connectivity index (χ2n) is 5.33. The average Bonchev–Trinajstić information content (AvgIpc) is 2.64. The van der Waals surface area contributed by atoms with Gasteiger partial charge in [-0.15, -0.1) is 0 Å². The second-order valence-corrected chi connectivity index (χ2v) is 5.33. The zero-order valence-electron chi connectivity index (χ0n) is 15.3. The van der Waals surface area contributed by atoms with Crippen molar-refractivity contribution in [2.24, 2.45) is 0 Å². The minimum atomic E-state index is -1.01. The van der Waals surface area contributed by atoms with Crippen LogP contribution < -0.4 is 0 Å². The van der Waals surface area contributed by atoms with Crippen molar-refractivity contribution in [3.63, 3.8) is 0 Å². The molecule has 0 spiro atoms. The van der Waals surface area contributed by atoms with Gasteiger partial charge in [-0.05, 0) is 25.8 Å². The first-order chi connectivity index (χ1) is 12.2. The molecule has 0 unspecified atom stereocenters. The van der Waals surface area contributed by atoms with Crippen LogP contribution in [0.3, 0.4) is 0 Å². The molecule has 0 saturated carbocycles. The molecule has 1 aromatic rings. The number of rotatable bonds is 7. The fourth-order valence-corrected chi connectivity index (χ4v) is 1.45. The fourth-order valence-electron chi connectivity index (χ4n) is 1.45. The Kier molecular flexibility index (Phi) is 10.8. The van der Waals surface area contributed by atoms with E-state index in [2.05, 4.69) is 17.9 Å². The molecule has 0 aliphatic carbocycles. The number of methoxy groups -OCH3 is 1. The van der Waals surface area contributed by atoms with E-state index in [0.29, 0.717) is 5.57 Å². The van der Waals surface area contributed by atoms with E-state index in [1.165, 1.54) is 20.1 Å². The third-order valence-corrected chi connectivity index (χ3v) is 3.03. The molecule has 140 valence electrons. The molecule has 0 aliphatic heterocycles. The third kappa shape index (κ3) is 9.87. The highest BCUT2D eigenvalue weighted by Gasteiger charge is 2.08. The first kappa shape index (κ1) is 22.9.